The summed E-state index contributed by atoms with van der Waals surface area (Å²) in [5, 5.41) is 16.3. The van der Waals surface area contributed by atoms with E-state index in [0.717, 1.165) is 23.0 Å². The Balaban J connectivity index is 1.50. The molecule has 0 bridgehead atoms. The number of carbonyl (C=O) groups excluding carboxylic acids is 2. The van der Waals surface area contributed by atoms with Gasteiger partial charge in [0.25, 0.3) is 11.8 Å². The Morgan fingerprint density at radius 2 is 1.85 bits per heavy atom. The van der Waals surface area contributed by atoms with E-state index in [1.807, 2.05) is 35.0 Å². The lowest BCUT2D eigenvalue weighted by molar-refractivity contribution is -0.123. The van der Waals surface area contributed by atoms with Gasteiger partial charge in [-0.15, -0.1) is 0 Å². The van der Waals surface area contributed by atoms with Crippen LogP contribution in [0.5, 0.6) is 0 Å². The summed E-state index contributed by atoms with van der Waals surface area (Å²) < 4.78 is 4.01. The SMILES string of the molecule is O=C1NC(=O)C(c2cn(CCCn3cncc3CO)c3ccccc23)=C1Nc1cccc(Cl)c1. The Morgan fingerprint density at radius 1 is 1.03 bits per heavy atom. The highest BCUT2D eigenvalue weighted by Crippen LogP contribution is 2.33. The molecule has 5 rings (SSSR count). The van der Waals surface area contributed by atoms with E-state index in [9.17, 15) is 14.7 Å². The number of hydrogen-bond donors (Lipinski definition) is 3. The number of aryl methyl sites for hydroxylation is 2. The maximum atomic E-state index is 12.8. The van der Waals surface area contributed by atoms with Gasteiger partial charge in [0.05, 0.1) is 30.4 Å². The van der Waals surface area contributed by atoms with Gasteiger partial charge in [-0.25, -0.2) is 4.98 Å². The average Bonchev–Trinajstić information content (AvgIpc) is 3.50. The Morgan fingerprint density at radius 3 is 2.68 bits per heavy atom. The highest BCUT2D eigenvalue weighted by atomic mass is 35.5. The first-order chi connectivity index (χ1) is 16.5. The van der Waals surface area contributed by atoms with E-state index in [4.69, 9.17) is 11.6 Å². The monoisotopic (exact) mass is 475 g/mol. The number of carbonyl (C=O) groups is 2. The predicted octanol–water partition coefficient (Wildman–Crippen LogP) is 3.55. The number of aliphatic hydroxyl groups excluding tert-OH is 1. The van der Waals surface area contributed by atoms with E-state index in [0.29, 0.717) is 34.9 Å². The minimum atomic E-state index is -0.478. The van der Waals surface area contributed by atoms with Gasteiger partial charge in [0.1, 0.15) is 5.70 Å². The fourth-order valence-electron chi connectivity index (χ4n) is 4.27. The van der Waals surface area contributed by atoms with Gasteiger partial charge in [-0.3, -0.25) is 14.9 Å². The van der Waals surface area contributed by atoms with Crippen LogP contribution in [0.1, 0.15) is 17.7 Å². The van der Waals surface area contributed by atoms with E-state index < -0.39 is 11.8 Å². The first-order valence-corrected chi connectivity index (χ1v) is 11.2. The number of benzene rings is 2. The molecule has 34 heavy (non-hydrogen) atoms. The Hall–Kier alpha value is -3.88. The third-order valence-electron chi connectivity index (χ3n) is 5.84. The zero-order chi connectivity index (χ0) is 23.7. The largest absolute Gasteiger partial charge is 0.390 e. The number of fused-ring (bicyclic) bond motifs is 1. The number of halogens is 1. The Kier molecular flexibility index (Phi) is 5.91. The van der Waals surface area contributed by atoms with Gasteiger partial charge in [0.15, 0.2) is 0 Å². The van der Waals surface area contributed by atoms with Crippen LogP contribution in [-0.4, -0.2) is 31.0 Å². The molecule has 0 aliphatic carbocycles. The fourth-order valence-corrected chi connectivity index (χ4v) is 4.46. The minimum absolute atomic E-state index is 0.0592. The number of aliphatic hydroxyl groups is 1. The molecule has 4 aromatic rings. The number of nitrogens with one attached hydrogen (secondary N) is 2. The topological polar surface area (TPSA) is 101 Å². The van der Waals surface area contributed by atoms with Gasteiger partial charge in [0, 0.05) is 46.5 Å². The summed E-state index contributed by atoms with van der Waals surface area (Å²) >= 11 is 6.09. The van der Waals surface area contributed by atoms with E-state index in [1.165, 1.54) is 0 Å². The lowest BCUT2D eigenvalue weighted by atomic mass is 10.0. The number of rotatable bonds is 8. The summed E-state index contributed by atoms with van der Waals surface area (Å²) in [6.45, 7) is 1.32. The van der Waals surface area contributed by atoms with Crippen molar-refractivity contribution in [1.29, 1.82) is 0 Å². The molecule has 0 saturated heterocycles. The van der Waals surface area contributed by atoms with Gasteiger partial charge < -0.3 is 19.6 Å². The van der Waals surface area contributed by atoms with Crippen LogP contribution in [0.25, 0.3) is 16.5 Å². The third kappa shape index (κ3) is 4.09. The summed E-state index contributed by atoms with van der Waals surface area (Å²) in [7, 11) is 0. The second-order valence-corrected chi connectivity index (χ2v) is 8.45. The molecular weight excluding hydrogens is 454 g/mol. The normalized spacial score (nSPS) is 13.7. The van der Waals surface area contributed by atoms with E-state index in [-0.39, 0.29) is 12.3 Å². The highest BCUT2D eigenvalue weighted by molar-refractivity contribution is 6.38. The zero-order valence-corrected chi connectivity index (χ0v) is 18.9. The summed E-state index contributed by atoms with van der Waals surface area (Å²) in [6, 6.07) is 14.8. The van der Waals surface area contributed by atoms with Gasteiger partial charge in [-0.1, -0.05) is 35.9 Å². The number of aromatic nitrogens is 3. The highest BCUT2D eigenvalue weighted by Gasteiger charge is 2.33. The van der Waals surface area contributed by atoms with Crippen LogP contribution in [0.3, 0.4) is 0 Å². The number of hydrogen-bond acceptors (Lipinski definition) is 5. The van der Waals surface area contributed by atoms with Crippen LogP contribution in [0.2, 0.25) is 5.02 Å². The minimum Gasteiger partial charge on any atom is -0.390 e. The van der Waals surface area contributed by atoms with Crippen LogP contribution in [0.15, 0.2) is 72.9 Å². The molecule has 3 N–H and O–H groups in total. The van der Waals surface area contributed by atoms with Crippen molar-refractivity contribution in [3.05, 3.63) is 89.2 Å². The maximum Gasteiger partial charge on any atom is 0.275 e. The van der Waals surface area contributed by atoms with Crippen molar-refractivity contribution in [3.8, 4) is 0 Å². The Bertz CT molecular complexity index is 1440. The quantitative estimate of drug-likeness (QED) is 0.338. The molecule has 0 fully saturated rings. The van der Waals surface area contributed by atoms with Crippen molar-refractivity contribution in [1.82, 2.24) is 19.4 Å². The van der Waals surface area contributed by atoms with E-state index in [2.05, 4.69) is 20.2 Å². The van der Waals surface area contributed by atoms with Crippen molar-refractivity contribution in [2.45, 2.75) is 26.1 Å². The van der Waals surface area contributed by atoms with Crippen LogP contribution in [0, 0.1) is 0 Å². The predicted molar refractivity (Wildman–Crippen MR) is 130 cm³/mol. The second kappa shape index (κ2) is 9.17. The summed E-state index contributed by atoms with van der Waals surface area (Å²) in [6.07, 6.45) is 6.07. The first-order valence-electron chi connectivity index (χ1n) is 10.9. The standard InChI is InChI=1S/C25H22ClN5O3/c26-16-5-3-6-17(11-16)28-23-22(24(33)29-25(23)34)20-13-30(21-8-2-1-7-19(20)21)9-4-10-31-15-27-12-18(31)14-32/h1-3,5-8,11-13,15,32H,4,9-10,14H2,(H2,28,29,33,34). The van der Waals surface area contributed by atoms with Gasteiger partial charge in [-0.2, -0.15) is 0 Å². The molecule has 3 heterocycles. The van der Waals surface area contributed by atoms with Gasteiger partial charge in [-0.05, 0) is 30.7 Å². The first kappa shape index (κ1) is 21.9. The molecule has 2 aromatic carbocycles. The van der Waals surface area contributed by atoms with Gasteiger partial charge in [0.2, 0.25) is 0 Å². The fraction of sp³-hybridized carbons (Fsp3) is 0.160. The molecule has 0 radical (unpaired) electrons. The van der Waals surface area contributed by atoms with Crippen molar-refractivity contribution >= 4 is 45.6 Å². The number of imide groups is 1. The molecule has 8 nitrogen and oxygen atoms in total. The van der Waals surface area contributed by atoms with Crippen LogP contribution in [0.4, 0.5) is 5.69 Å². The smallest absolute Gasteiger partial charge is 0.275 e. The number of imidazole rings is 1. The van der Waals surface area contributed by atoms with E-state index >= 15 is 0 Å². The third-order valence-corrected chi connectivity index (χ3v) is 6.08. The summed E-state index contributed by atoms with van der Waals surface area (Å²) in [5.41, 5.74) is 3.53. The molecule has 1 aliphatic heterocycles. The maximum absolute atomic E-state index is 12.8. The second-order valence-electron chi connectivity index (χ2n) is 8.01. The molecule has 0 atom stereocenters. The van der Waals surface area contributed by atoms with Crippen molar-refractivity contribution in [3.63, 3.8) is 0 Å². The summed E-state index contributed by atoms with van der Waals surface area (Å²) in [5.74, 6) is -0.920. The molecule has 1 aliphatic rings. The number of anilines is 1. The van der Waals surface area contributed by atoms with Crippen LogP contribution >= 0.6 is 11.6 Å². The number of amides is 2. The number of para-hydroxylation sites is 1. The summed E-state index contributed by atoms with van der Waals surface area (Å²) in [4.78, 5) is 29.6. The zero-order valence-electron chi connectivity index (χ0n) is 18.2. The van der Waals surface area contributed by atoms with Crippen molar-refractivity contribution < 1.29 is 14.7 Å². The van der Waals surface area contributed by atoms with Crippen molar-refractivity contribution in [2.75, 3.05) is 5.32 Å². The molecule has 2 aromatic heterocycles. The van der Waals surface area contributed by atoms with Crippen LogP contribution < -0.4 is 10.6 Å². The van der Waals surface area contributed by atoms with E-state index in [1.54, 1.807) is 36.8 Å². The molecule has 9 heteroatoms. The number of nitrogens with zero attached hydrogens (tertiary/aromatic N) is 3. The van der Waals surface area contributed by atoms with Gasteiger partial charge >= 0.3 is 0 Å². The molecular formula is C25H22ClN5O3. The van der Waals surface area contributed by atoms with Crippen molar-refractivity contribution in [2.24, 2.45) is 0 Å². The molecule has 2 amide bonds. The Labute approximate surface area is 200 Å². The lowest BCUT2D eigenvalue weighted by Crippen LogP contribution is -2.24. The molecule has 0 unspecified atom stereocenters. The lowest BCUT2D eigenvalue weighted by Gasteiger charge is -2.08. The molecule has 0 spiro atoms. The average molecular weight is 476 g/mol. The molecule has 172 valence electrons. The molecule has 0 saturated carbocycles. The van der Waals surface area contributed by atoms with Crippen LogP contribution in [-0.2, 0) is 29.3 Å².